The second-order valence-electron chi connectivity index (χ2n) is 6.17. The van der Waals surface area contributed by atoms with Crippen LogP contribution in [0.25, 0.3) is 22.0 Å². The summed E-state index contributed by atoms with van der Waals surface area (Å²) in [5.41, 5.74) is 4.05. The van der Waals surface area contributed by atoms with Gasteiger partial charge < -0.3 is 10.6 Å². The van der Waals surface area contributed by atoms with Gasteiger partial charge in [-0.3, -0.25) is 9.67 Å². The van der Waals surface area contributed by atoms with Crippen molar-refractivity contribution in [2.75, 3.05) is 10.6 Å². The lowest BCUT2D eigenvalue weighted by Gasteiger charge is -2.10. The van der Waals surface area contributed by atoms with Crippen molar-refractivity contribution in [1.29, 1.82) is 0 Å². The highest BCUT2D eigenvalue weighted by Gasteiger charge is 2.09. The molecule has 0 aliphatic heterocycles. The van der Waals surface area contributed by atoms with E-state index < -0.39 is 6.03 Å². The maximum absolute atomic E-state index is 12.2. The zero-order valence-corrected chi connectivity index (χ0v) is 16.3. The first-order chi connectivity index (χ1) is 13.5. The van der Waals surface area contributed by atoms with E-state index in [1.165, 1.54) is 0 Å². The Morgan fingerprint density at radius 1 is 1.00 bits per heavy atom. The number of urea groups is 1. The lowest BCUT2D eigenvalue weighted by molar-refractivity contribution is 0.262. The molecule has 28 heavy (non-hydrogen) atoms. The van der Waals surface area contributed by atoms with Crippen LogP contribution in [0, 0.1) is 0 Å². The standard InChI is InChI=1S/C20H15Cl2N5O/c1-27-19-11-23-9-15(16(19)10-24-27)12-2-5-14(6-3-12)25-20(28)26-18-7-4-13(21)8-17(18)22/h2-11H,1H3,(H2,25,26,28). The predicted octanol–water partition coefficient (Wildman–Crippen LogP) is 5.59. The molecular weight excluding hydrogens is 397 g/mol. The molecule has 4 rings (SSSR count). The van der Waals surface area contributed by atoms with E-state index >= 15 is 0 Å². The number of aryl methyl sites for hydroxylation is 1. The van der Waals surface area contributed by atoms with Crippen LogP contribution in [0.5, 0.6) is 0 Å². The van der Waals surface area contributed by atoms with Crippen LogP contribution in [-0.2, 0) is 7.05 Å². The van der Waals surface area contributed by atoms with E-state index in [9.17, 15) is 4.79 Å². The number of halogens is 2. The molecule has 0 fully saturated rings. The zero-order valence-electron chi connectivity index (χ0n) is 14.8. The smallest absolute Gasteiger partial charge is 0.308 e. The minimum Gasteiger partial charge on any atom is -0.308 e. The number of rotatable bonds is 3. The van der Waals surface area contributed by atoms with Crippen molar-refractivity contribution in [3.63, 3.8) is 0 Å². The number of aromatic nitrogens is 3. The number of pyridine rings is 1. The summed E-state index contributed by atoms with van der Waals surface area (Å²) in [5.74, 6) is 0. The molecule has 2 N–H and O–H groups in total. The van der Waals surface area contributed by atoms with Crippen molar-refractivity contribution in [3.05, 3.63) is 71.1 Å². The number of benzene rings is 2. The fourth-order valence-electron chi connectivity index (χ4n) is 2.90. The zero-order chi connectivity index (χ0) is 19.7. The summed E-state index contributed by atoms with van der Waals surface area (Å²) in [5, 5.41) is 11.7. The van der Waals surface area contributed by atoms with Gasteiger partial charge in [0.05, 0.1) is 28.6 Å². The maximum Gasteiger partial charge on any atom is 0.323 e. The number of hydrogen-bond donors (Lipinski definition) is 2. The Labute approximate surface area is 171 Å². The first-order valence-corrected chi connectivity index (χ1v) is 9.16. The van der Waals surface area contributed by atoms with E-state index in [4.69, 9.17) is 23.2 Å². The van der Waals surface area contributed by atoms with E-state index in [1.54, 1.807) is 29.1 Å². The first kappa shape index (κ1) is 18.3. The maximum atomic E-state index is 12.2. The molecule has 0 aliphatic rings. The van der Waals surface area contributed by atoms with Gasteiger partial charge in [0.1, 0.15) is 0 Å². The van der Waals surface area contributed by atoms with Gasteiger partial charge >= 0.3 is 6.03 Å². The largest absolute Gasteiger partial charge is 0.323 e. The van der Waals surface area contributed by atoms with E-state index in [0.29, 0.717) is 21.4 Å². The lowest BCUT2D eigenvalue weighted by Crippen LogP contribution is -2.19. The molecule has 6 nitrogen and oxygen atoms in total. The Bertz CT molecular complexity index is 1170. The number of amides is 2. The molecule has 4 aromatic rings. The fourth-order valence-corrected chi connectivity index (χ4v) is 3.35. The number of nitrogens with zero attached hydrogens (tertiary/aromatic N) is 3. The Balaban J connectivity index is 1.51. The van der Waals surface area contributed by atoms with Crippen LogP contribution in [-0.4, -0.2) is 20.8 Å². The number of carbonyl (C=O) groups excluding carboxylic acids is 1. The summed E-state index contributed by atoms with van der Waals surface area (Å²) in [6.45, 7) is 0. The van der Waals surface area contributed by atoms with Crippen molar-refractivity contribution in [3.8, 4) is 11.1 Å². The average Bonchev–Trinajstić information content (AvgIpc) is 3.06. The van der Waals surface area contributed by atoms with Crippen LogP contribution in [0.4, 0.5) is 16.2 Å². The number of anilines is 2. The molecule has 0 unspecified atom stereocenters. The molecule has 2 aromatic heterocycles. The second-order valence-corrected chi connectivity index (χ2v) is 7.01. The Morgan fingerprint density at radius 3 is 2.54 bits per heavy atom. The van der Waals surface area contributed by atoms with Gasteiger partial charge in [-0.05, 0) is 35.9 Å². The Hall–Kier alpha value is -3.09. The molecule has 0 atom stereocenters. The Morgan fingerprint density at radius 2 is 1.79 bits per heavy atom. The molecule has 0 radical (unpaired) electrons. The third-order valence-electron chi connectivity index (χ3n) is 4.31. The van der Waals surface area contributed by atoms with E-state index in [-0.39, 0.29) is 0 Å². The monoisotopic (exact) mass is 411 g/mol. The van der Waals surface area contributed by atoms with Crippen LogP contribution in [0.2, 0.25) is 10.0 Å². The molecule has 2 heterocycles. The highest BCUT2D eigenvalue weighted by molar-refractivity contribution is 6.36. The normalized spacial score (nSPS) is 10.8. The molecule has 8 heteroatoms. The molecule has 2 amide bonds. The van der Waals surface area contributed by atoms with Crippen LogP contribution >= 0.6 is 23.2 Å². The van der Waals surface area contributed by atoms with E-state index in [0.717, 1.165) is 22.0 Å². The summed E-state index contributed by atoms with van der Waals surface area (Å²) in [4.78, 5) is 16.5. The summed E-state index contributed by atoms with van der Waals surface area (Å²) < 4.78 is 1.79. The Kier molecular flexibility index (Phi) is 4.90. The number of hydrogen-bond acceptors (Lipinski definition) is 3. The van der Waals surface area contributed by atoms with Gasteiger partial charge in [0, 0.05) is 34.9 Å². The van der Waals surface area contributed by atoms with Crippen LogP contribution in [0.15, 0.2) is 61.1 Å². The molecular formula is C20H15Cl2N5O. The lowest BCUT2D eigenvalue weighted by atomic mass is 10.0. The van der Waals surface area contributed by atoms with Gasteiger partial charge in [0.25, 0.3) is 0 Å². The highest BCUT2D eigenvalue weighted by Crippen LogP contribution is 2.28. The topological polar surface area (TPSA) is 71.8 Å². The first-order valence-electron chi connectivity index (χ1n) is 8.40. The van der Waals surface area contributed by atoms with Crippen molar-refractivity contribution >= 4 is 51.5 Å². The van der Waals surface area contributed by atoms with Crippen LogP contribution < -0.4 is 10.6 Å². The predicted molar refractivity (Wildman–Crippen MR) is 113 cm³/mol. The number of carbonyl (C=O) groups is 1. The van der Waals surface area contributed by atoms with Gasteiger partial charge in [0.2, 0.25) is 0 Å². The second kappa shape index (κ2) is 7.50. The molecule has 0 aliphatic carbocycles. The van der Waals surface area contributed by atoms with Crippen molar-refractivity contribution in [2.24, 2.45) is 7.05 Å². The summed E-state index contributed by atoms with van der Waals surface area (Å²) in [6.07, 6.45) is 5.41. The van der Waals surface area contributed by atoms with Crippen LogP contribution in [0.3, 0.4) is 0 Å². The van der Waals surface area contributed by atoms with E-state index in [1.807, 2.05) is 43.7 Å². The number of nitrogens with one attached hydrogen (secondary N) is 2. The van der Waals surface area contributed by atoms with Gasteiger partial charge in [-0.1, -0.05) is 35.3 Å². The third kappa shape index (κ3) is 3.65. The van der Waals surface area contributed by atoms with Gasteiger partial charge in [-0.2, -0.15) is 5.10 Å². The molecule has 0 saturated carbocycles. The third-order valence-corrected chi connectivity index (χ3v) is 4.86. The van der Waals surface area contributed by atoms with Crippen molar-refractivity contribution in [2.45, 2.75) is 0 Å². The molecule has 0 spiro atoms. The van der Waals surface area contributed by atoms with Gasteiger partial charge in [-0.15, -0.1) is 0 Å². The fraction of sp³-hybridized carbons (Fsp3) is 0.0500. The number of fused-ring (bicyclic) bond motifs is 1. The molecule has 0 bridgehead atoms. The van der Waals surface area contributed by atoms with Crippen LogP contribution in [0.1, 0.15) is 0 Å². The minimum atomic E-state index is -0.395. The summed E-state index contributed by atoms with van der Waals surface area (Å²) in [7, 11) is 1.88. The highest BCUT2D eigenvalue weighted by atomic mass is 35.5. The molecule has 2 aromatic carbocycles. The molecule has 140 valence electrons. The quantitative estimate of drug-likeness (QED) is 0.461. The van der Waals surface area contributed by atoms with Crippen molar-refractivity contribution in [1.82, 2.24) is 14.8 Å². The van der Waals surface area contributed by atoms with Gasteiger partial charge in [0.15, 0.2) is 0 Å². The molecule has 0 saturated heterocycles. The SMILES string of the molecule is Cn1ncc2c(-c3ccc(NC(=O)Nc4ccc(Cl)cc4Cl)cc3)cncc21. The van der Waals surface area contributed by atoms with Crippen molar-refractivity contribution < 1.29 is 4.79 Å². The average molecular weight is 412 g/mol. The van der Waals surface area contributed by atoms with Gasteiger partial charge in [-0.25, -0.2) is 4.79 Å². The summed E-state index contributed by atoms with van der Waals surface area (Å²) in [6, 6.07) is 12.0. The van der Waals surface area contributed by atoms with E-state index in [2.05, 4.69) is 20.7 Å². The summed E-state index contributed by atoms with van der Waals surface area (Å²) >= 11 is 11.9. The minimum absolute atomic E-state index is 0.370.